The number of hydrogen-bond acceptors (Lipinski definition) is 2. The number of benzene rings is 1. The Balaban J connectivity index is 1.95. The number of carbonyl (C=O) groups is 1. The molecule has 3 rings (SSSR count). The van der Waals surface area contributed by atoms with Gasteiger partial charge in [0, 0.05) is 12.6 Å². The van der Waals surface area contributed by atoms with Crippen LogP contribution in [0.1, 0.15) is 27.3 Å². The highest BCUT2D eigenvalue weighted by Crippen LogP contribution is 2.29. The molecule has 0 spiro atoms. The highest BCUT2D eigenvalue weighted by atomic mass is 19.4. The summed E-state index contributed by atoms with van der Waals surface area (Å²) >= 11 is 0. The molecule has 0 N–H and O–H groups in total. The van der Waals surface area contributed by atoms with Gasteiger partial charge in [-0.2, -0.15) is 13.2 Å². The van der Waals surface area contributed by atoms with Crippen LogP contribution in [0.25, 0.3) is 5.65 Å². The molecule has 3 nitrogen and oxygen atoms in total. The van der Waals surface area contributed by atoms with E-state index in [2.05, 4.69) is 4.98 Å². The van der Waals surface area contributed by atoms with Gasteiger partial charge in [-0.05, 0) is 23.8 Å². The van der Waals surface area contributed by atoms with E-state index in [9.17, 15) is 18.0 Å². The van der Waals surface area contributed by atoms with Crippen molar-refractivity contribution in [1.29, 1.82) is 0 Å². The average molecular weight is 304 g/mol. The zero-order valence-electron chi connectivity index (χ0n) is 11.3. The lowest BCUT2D eigenvalue weighted by atomic mass is 10.1. The van der Waals surface area contributed by atoms with Crippen molar-refractivity contribution in [2.24, 2.45) is 0 Å². The first-order chi connectivity index (χ1) is 10.5. The number of aromatic nitrogens is 2. The second-order valence-corrected chi connectivity index (χ2v) is 4.90. The third kappa shape index (κ3) is 2.72. The summed E-state index contributed by atoms with van der Waals surface area (Å²) < 4.78 is 39.8. The molecule has 0 unspecified atom stereocenters. The van der Waals surface area contributed by atoms with Crippen molar-refractivity contribution in [3.63, 3.8) is 0 Å². The van der Waals surface area contributed by atoms with Crippen LogP contribution in [0.15, 0.2) is 48.7 Å². The van der Waals surface area contributed by atoms with Crippen LogP contribution in [-0.2, 0) is 12.6 Å². The van der Waals surface area contributed by atoms with Crippen molar-refractivity contribution < 1.29 is 18.0 Å². The van der Waals surface area contributed by atoms with Crippen molar-refractivity contribution >= 4 is 11.9 Å². The third-order valence-corrected chi connectivity index (χ3v) is 3.33. The lowest BCUT2D eigenvalue weighted by Crippen LogP contribution is -2.05. The highest BCUT2D eigenvalue weighted by molar-refractivity contribution is 5.73. The van der Waals surface area contributed by atoms with Crippen LogP contribution in [0.2, 0.25) is 0 Å². The van der Waals surface area contributed by atoms with Gasteiger partial charge in [0.15, 0.2) is 6.29 Å². The molecule has 3 aromatic rings. The molecule has 0 saturated heterocycles. The molecule has 0 bridgehead atoms. The Morgan fingerprint density at radius 1 is 1.14 bits per heavy atom. The molecule has 0 aliphatic rings. The normalized spacial score (nSPS) is 11.8. The largest absolute Gasteiger partial charge is 0.416 e. The topological polar surface area (TPSA) is 34.4 Å². The summed E-state index contributed by atoms with van der Waals surface area (Å²) in [7, 11) is 0. The molecule has 0 aliphatic heterocycles. The van der Waals surface area contributed by atoms with E-state index in [-0.39, 0.29) is 6.42 Å². The predicted octanol–water partition coefficient (Wildman–Crippen LogP) is 3.76. The lowest BCUT2D eigenvalue weighted by Gasteiger charge is -2.07. The molecule has 112 valence electrons. The summed E-state index contributed by atoms with van der Waals surface area (Å²) in [5.74, 6) is 0. The first-order valence-electron chi connectivity index (χ1n) is 6.56. The second kappa shape index (κ2) is 5.29. The van der Waals surface area contributed by atoms with Crippen LogP contribution in [0.4, 0.5) is 13.2 Å². The number of carbonyl (C=O) groups excluding carboxylic acids is 1. The molecule has 2 heterocycles. The number of rotatable bonds is 3. The first kappa shape index (κ1) is 14.3. The monoisotopic (exact) mass is 304 g/mol. The minimum absolute atomic E-state index is 0.268. The van der Waals surface area contributed by atoms with Crippen molar-refractivity contribution in [2.75, 3.05) is 0 Å². The quantitative estimate of drug-likeness (QED) is 0.691. The van der Waals surface area contributed by atoms with Gasteiger partial charge in [0.2, 0.25) is 0 Å². The number of fused-ring (bicyclic) bond motifs is 1. The van der Waals surface area contributed by atoms with Gasteiger partial charge in [-0.3, -0.25) is 9.20 Å². The van der Waals surface area contributed by atoms with E-state index in [1.165, 1.54) is 6.07 Å². The smallest absolute Gasteiger partial charge is 0.297 e. The first-order valence-corrected chi connectivity index (χ1v) is 6.56. The maximum atomic E-state index is 12.7. The van der Waals surface area contributed by atoms with Gasteiger partial charge in [-0.15, -0.1) is 0 Å². The van der Waals surface area contributed by atoms with E-state index >= 15 is 0 Å². The number of pyridine rings is 1. The molecule has 1 aromatic carbocycles. The standard InChI is InChI=1S/C16H11F3N2O/c17-16(18,19)12-4-1-3-11(7-12)8-13-9-21-14(10-22)5-2-6-15(21)20-13/h1-7,9-10H,8H2. The van der Waals surface area contributed by atoms with E-state index in [4.69, 9.17) is 0 Å². The van der Waals surface area contributed by atoms with E-state index in [1.54, 1.807) is 34.9 Å². The SMILES string of the molecule is O=Cc1cccc2nc(Cc3cccc(C(F)(F)F)c3)cn12. The summed E-state index contributed by atoms with van der Waals surface area (Å²) in [6.45, 7) is 0. The Labute approximate surface area is 124 Å². The van der Waals surface area contributed by atoms with Crippen molar-refractivity contribution in [3.05, 3.63) is 71.2 Å². The minimum atomic E-state index is -4.36. The fraction of sp³-hybridized carbons (Fsp3) is 0.125. The Kier molecular flexibility index (Phi) is 3.44. The van der Waals surface area contributed by atoms with Crippen molar-refractivity contribution in [3.8, 4) is 0 Å². The van der Waals surface area contributed by atoms with Gasteiger partial charge in [0.25, 0.3) is 0 Å². The Morgan fingerprint density at radius 2 is 1.91 bits per heavy atom. The fourth-order valence-corrected chi connectivity index (χ4v) is 2.33. The number of nitrogens with zero attached hydrogens (tertiary/aromatic N) is 2. The zero-order valence-corrected chi connectivity index (χ0v) is 11.3. The molecule has 0 atom stereocenters. The predicted molar refractivity (Wildman–Crippen MR) is 74.8 cm³/mol. The summed E-state index contributed by atoms with van der Waals surface area (Å²) in [6, 6.07) is 10.3. The molecule has 0 saturated carbocycles. The van der Waals surface area contributed by atoms with E-state index in [0.29, 0.717) is 28.9 Å². The summed E-state index contributed by atoms with van der Waals surface area (Å²) in [4.78, 5) is 15.3. The number of imidazole rings is 1. The Morgan fingerprint density at radius 3 is 2.64 bits per heavy atom. The molecular formula is C16H11F3N2O. The van der Waals surface area contributed by atoms with Gasteiger partial charge >= 0.3 is 6.18 Å². The molecule has 0 radical (unpaired) electrons. The van der Waals surface area contributed by atoms with Crippen LogP contribution in [-0.4, -0.2) is 15.7 Å². The van der Waals surface area contributed by atoms with Crippen LogP contribution < -0.4 is 0 Å². The molecule has 0 amide bonds. The molecule has 2 aromatic heterocycles. The summed E-state index contributed by atoms with van der Waals surface area (Å²) in [5, 5.41) is 0. The van der Waals surface area contributed by atoms with Gasteiger partial charge in [0.1, 0.15) is 5.65 Å². The van der Waals surface area contributed by atoms with Crippen LogP contribution >= 0.6 is 0 Å². The number of alkyl halides is 3. The van der Waals surface area contributed by atoms with Gasteiger partial charge < -0.3 is 0 Å². The maximum absolute atomic E-state index is 12.7. The number of halogens is 3. The van der Waals surface area contributed by atoms with E-state index < -0.39 is 11.7 Å². The van der Waals surface area contributed by atoms with E-state index in [0.717, 1.165) is 12.1 Å². The number of hydrogen-bond donors (Lipinski definition) is 0. The lowest BCUT2D eigenvalue weighted by molar-refractivity contribution is -0.137. The maximum Gasteiger partial charge on any atom is 0.416 e. The highest BCUT2D eigenvalue weighted by Gasteiger charge is 2.30. The Hall–Kier alpha value is -2.63. The van der Waals surface area contributed by atoms with Crippen LogP contribution in [0.5, 0.6) is 0 Å². The molecule has 22 heavy (non-hydrogen) atoms. The summed E-state index contributed by atoms with van der Waals surface area (Å²) in [6.07, 6.45) is -1.72. The molecule has 0 fully saturated rings. The Bertz CT molecular complexity index is 837. The third-order valence-electron chi connectivity index (χ3n) is 3.33. The van der Waals surface area contributed by atoms with E-state index in [1.807, 2.05) is 0 Å². The molecule has 6 heteroatoms. The zero-order chi connectivity index (χ0) is 15.7. The average Bonchev–Trinajstić information content (AvgIpc) is 2.88. The van der Waals surface area contributed by atoms with Gasteiger partial charge in [-0.1, -0.05) is 24.3 Å². The minimum Gasteiger partial charge on any atom is -0.297 e. The van der Waals surface area contributed by atoms with Gasteiger partial charge in [0.05, 0.1) is 17.0 Å². The second-order valence-electron chi connectivity index (χ2n) is 4.90. The van der Waals surface area contributed by atoms with Crippen LogP contribution in [0.3, 0.4) is 0 Å². The fourth-order valence-electron chi connectivity index (χ4n) is 2.33. The molecular weight excluding hydrogens is 293 g/mol. The van der Waals surface area contributed by atoms with Crippen molar-refractivity contribution in [1.82, 2.24) is 9.38 Å². The summed E-state index contributed by atoms with van der Waals surface area (Å²) in [5.41, 5.74) is 1.48. The van der Waals surface area contributed by atoms with Gasteiger partial charge in [-0.25, -0.2) is 4.98 Å². The van der Waals surface area contributed by atoms with Crippen molar-refractivity contribution in [2.45, 2.75) is 12.6 Å². The van der Waals surface area contributed by atoms with Crippen LogP contribution in [0, 0.1) is 0 Å². The molecule has 0 aliphatic carbocycles. The number of aldehydes is 1.